The molecule has 2 aromatic heterocycles. The molecular formula is C41H51FN6O3. The number of ether oxygens (including phenoxy) is 2. The first kappa shape index (κ1) is 36.1. The average Bonchev–Trinajstić information content (AvgIpc) is 3.72. The minimum atomic E-state index is -0.442. The van der Waals surface area contributed by atoms with E-state index in [0.29, 0.717) is 35.9 Å². The SMILES string of the molecule is CCCC1CCN(C(C)C)CC1.Cc1cc2cc(C(=O)c3cnn(-c4ccc(Oc5ccccc5F)cc4C)c3N)[nH]c2cc1N1CCOCC1. The van der Waals surface area contributed by atoms with Gasteiger partial charge in [-0.3, -0.25) is 4.79 Å². The van der Waals surface area contributed by atoms with Crippen LogP contribution in [0.25, 0.3) is 16.6 Å². The molecule has 5 aromatic rings. The number of rotatable bonds is 9. The van der Waals surface area contributed by atoms with Crippen molar-refractivity contribution in [2.24, 2.45) is 5.92 Å². The third kappa shape index (κ3) is 8.29. The van der Waals surface area contributed by atoms with Crippen LogP contribution in [0.5, 0.6) is 11.5 Å². The molecule has 0 unspecified atom stereocenters. The number of aromatic nitrogens is 3. The number of benzene rings is 3. The number of piperidine rings is 1. The number of aryl methyl sites for hydroxylation is 2. The monoisotopic (exact) mass is 694 g/mol. The van der Waals surface area contributed by atoms with Gasteiger partial charge < -0.3 is 30.0 Å². The molecule has 2 fully saturated rings. The van der Waals surface area contributed by atoms with Crippen molar-refractivity contribution >= 4 is 28.2 Å². The summed E-state index contributed by atoms with van der Waals surface area (Å²) in [5, 5.41) is 5.36. The Bertz CT molecular complexity index is 1950. The third-order valence-corrected chi connectivity index (χ3v) is 10.1. The highest BCUT2D eigenvalue weighted by Gasteiger charge is 2.22. The molecule has 9 nitrogen and oxygen atoms in total. The van der Waals surface area contributed by atoms with Crippen molar-refractivity contribution in [3.63, 3.8) is 0 Å². The first-order valence-corrected chi connectivity index (χ1v) is 18.2. The number of halogens is 1. The molecule has 0 amide bonds. The smallest absolute Gasteiger partial charge is 0.214 e. The fourth-order valence-corrected chi connectivity index (χ4v) is 7.17. The molecule has 0 saturated carbocycles. The maximum Gasteiger partial charge on any atom is 0.214 e. The molecule has 270 valence electrons. The maximum atomic E-state index is 14.0. The molecule has 2 aliphatic heterocycles. The summed E-state index contributed by atoms with van der Waals surface area (Å²) >= 11 is 0. The van der Waals surface area contributed by atoms with Crippen LogP contribution in [0.4, 0.5) is 15.9 Å². The van der Waals surface area contributed by atoms with E-state index in [2.05, 4.69) is 59.7 Å². The highest BCUT2D eigenvalue weighted by molar-refractivity contribution is 6.12. The predicted octanol–water partition coefficient (Wildman–Crippen LogP) is 8.46. The van der Waals surface area contributed by atoms with Gasteiger partial charge in [0.1, 0.15) is 11.6 Å². The largest absolute Gasteiger partial charge is 0.454 e. The number of likely N-dealkylation sites (tertiary alicyclic amines) is 1. The van der Waals surface area contributed by atoms with Crippen LogP contribution in [0.1, 0.15) is 73.6 Å². The standard InChI is InChI=1S/C30H28FN5O3.C11H23N/c1-18-13-20-15-25(34-24(20)16-27(18)35-9-11-38-12-10-35)29(37)22-17-33-36(30(22)32)26-8-7-21(14-19(26)2)39-28-6-4-3-5-23(28)31;1-4-5-11-6-8-12(9-7-11)10(2)3/h3-8,13-17,34H,9-12,32H2,1-2H3;10-11H,4-9H2,1-3H3. The lowest BCUT2D eigenvalue weighted by atomic mass is 9.92. The zero-order chi connectivity index (χ0) is 36.1. The number of carbonyl (C=O) groups excluding carboxylic acids is 1. The number of morpholine rings is 1. The Balaban J connectivity index is 0.000000318. The van der Waals surface area contributed by atoms with Crippen molar-refractivity contribution in [2.45, 2.75) is 66.3 Å². The van der Waals surface area contributed by atoms with Crippen LogP contribution in [0.2, 0.25) is 0 Å². The minimum Gasteiger partial charge on any atom is -0.454 e. The number of aromatic amines is 1. The Morgan fingerprint density at radius 3 is 2.41 bits per heavy atom. The van der Waals surface area contributed by atoms with Gasteiger partial charge in [0.2, 0.25) is 5.78 Å². The van der Waals surface area contributed by atoms with Crippen LogP contribution in [0.3, 0.4) is 0 Å². The van der Waals surface area contributed by atoms with Gasteiger partial charge in [0, 0.05) is 35.7 Å². The predicted molar refractivity (Wildman–Crippen MR) is 203 cm³/mol. The van der Waals surface area contributed by atoms with E-state index in [4.69, 9.17) is 15.2 Å². The topological polar surface area (TPSA) is 102 Å². The molecule has 0 aliphatic carbocycles. The first-order chi connectivity index (χ1) is 24.6. The number of nitrogen functional groups attached to an aromatic ring is 1. The summed E-state index contributed by atoms with van der Waals surface area (Å²) < 4.78 is 26.7. The van der Waals surface area contributed by atoms with E-state index in [0.717, 1.165) is 52.8 Å². The molecule has 0 bridgehead atoms. The van der Waals surface area contributed by atoms with Crippen molar-refractivity contribution < 1.29 is 18.7 Å². The molecule has 3 N–H and O–H groups in total. The third-order valence-electron chi connectivity index (χ3n) is 10.1. The number of ketones is 1. The van der Waals surface area contributed by atoms with Crippen molar-refractivity contribution in [3.05, 3.63) is 95.1 Å². The first-order valence-electron chi connectivity index (χ1n) is 18.2. The van der Waals surface area contributed by atoms with E-state index < -0.39 is 5.82 Å². The second-order valence-electron chi connectivity index (χ2n) is 14.0. The van der Waals surface area contributed by atoms with Crippen LogP contribution in [0, 0.1) is 25.6 Å². The summed E-state index contributed by atoms with van der Waals surface area (Å²) in [6.45, 7) is 16.6. The van der Waals surface area contributed by atoms with Crippen molar-refractivity contribution in [1.29, 1.82) is 0 Å². The number of nitrogens with two attached hydrogens (primary N) is 1. The number of nitrogens with zero attached hydrogens (tertiary/aromatic N) is 4. The zero-order valence-electron chi connectivity index (χ0n) is 30.5. The van der Waals surface area contributed by atoms with Crippen molar-refractivity contribution in [3.8, 4) is 17.2 Å². The van der Waals surface area contributed by atoms with Crippen LogP contribution in [-0.4, -0.2) is 70.9 Å². The van der Waals surface area contributed by atoms with Gasteiger partial charge in [-0.15, -0.1) is 0 Å². The number of nitrogens with one attached hydrogen (secondary N) is 1. The fraction of sp³-hybridized carbons (Fsp3) is 0.415. The van der Waals surface area contributed by atoms with E-state index in [9.17, 15) is 9.18 Å². The van der Waals surface area contributed by atoms with Gasteiger partial charge in [-0.05, 0) is 119 Å². The molecule has 51 heavy (non-hydrogen) atoms. The Labute approximate surface area is 300 Å². The van der Waals surface area contributed by atoms with Crippen LogP contribution < -0.4 is 15.4 Å². The van der Waals surface area contributed by atoms with Crippen LogP contribution in [0.15, 0.2) is 66.9 Å². The quantitative estimate of drug-likeness (QED) is 0.149. The number of H-pyrrole nitrogens is 1. The van der Waals surface area contributed by atoms with Gasteiger partial charge in [0.05, 0.1) is 36.4 Å². The number of hydrogen-bond acceptors (Lipinski definition) is 7. The van der Waals surface area contributed by atoms with Crippen LogP contribution in [-0.2, 0) is 4.74 Å². The molecule has 10 heteroatoms. The minimum absolute atomic E-state index is 0.140. The van der Waals surface area contributed by atoms with Gasteiger partial charge >= 0.3 is 0 Å². The zero-order valence-corrected chi connectivity index (χ0v) is 30.5. The van der Waals surface area contributed by atoms with E-state index >= 15 is 0 Å². The number of anilines is 2. The number of fused-ring (bicyclic) bond motifs is 1. The molecule has 0 atom stereocenters. The highest BCUT2D eigenvalue weighted by atomic mass is 19.1. The average molecular weight is 695 g/mol. The summed E-state index contributed by atoms with van der Waals surface area (Å²) in [5.74, 6) is 1.20. The van der Waals surface area contributed by atoms with E-state index in [1.54, 1.807) is 36.4 Å². The van der Waals surface area contributed by atoms with Crippen molar-refractivity contribution in [2.75, 3.05) is 50.0 Å². The Hall–Kier alpha value is -4.67. The van der Waals surface area contributed by atoms with Crippen molar-refractivity contribution in [1.82, 2.24) is 19.7 Å². The summed E-state index contributed by atoms with van der Waals surface area (Å²) in [5.41, 5.74) is 11.8. The normalized spacial score (nSPS) is 15.6. The van der Waals surface area contributed by atoms with Gasteiger partial charge in [0.15, 0.2) is 11.6 Å². The molecular weight excluding hydrogens is 643 g/mol. The van der Waals surface area contributed by atoms with E-state index in [1.165, 1.54) is 55.7 Å². The Morgan fingerprint density at radius 2 is 1.73 bits per heavy atom. The molecule has 7 rings (SSSR count). The maximum absolute atomic E-state index is 14.0. The number of carbonyl (C=O) groups is 1. The van der Waals surface area contributed by atoms with Crippen LogP contribution >= 0.6 is 0 Å². The molecule has 0 spiro atoms. The summed E-state index contributed by atoms with van der Waals surface area (Å²) in [4.78, 5) is 21.7. The lowest BCUT2D eigenvalue weighted by molar-refractivity contribution is 0.103. The van der Waals surface area contributed by atoms with Gasteiger partial charge in [-0.2, -0.15) is 5.10 Å². The second-order valence-corrected chi connectivity index (χ2v) is 14.0. The number of para-hydroxylation sites is 1. The van der Waals surface area contributed by atoms with E-state index in [1.807, 2.05) is 13.0 Å². The molecule has 4 heterocycles. The lowest BCUT2D eigenvalue weighted by Gasteiger charge is -2.34. The Kier molecular flexibility index (Phi) is 11.4. The molecule has 3 aromatic carbocycles. The molecule has 2 aliphatic rings. The molecule has 0 radical (unpaired) electrons. The summed E-state index contributed by atoms with van der Waals surface area (Å²) in [7, 11) is 0. The number of hydrogen-bond donors (Lipinski definition) is 2. The second kappa shape index (κ2) is 16.1. The van der Waals surface area contributed by atoms with Gasteiger partial charge in [-0.1, -0.05) is 31.9 Å². The van der Waals surface area contributed by atoms with E-state index in [-0.39, 0.29) is 17.4 Å². The summed E-state index contributed by atoms with van der Waals surface area (Å²) in [6.07, 6.45) is 7.17. The fourth-order valence-electron chi connectivity index (χ4n) is 7.17. The lowest BCUT2D eigenvalue weighted by Crippen LogP contribution is -2.38. The molecule has 2 saturated heterocycles. The van der Waals surface area contributed by atoms with Gasteiger partial charge in [0.25, 0.3) is 0 Å². The highest BCUT2D eigenvalue weighted by Crippen LogP contribution is 2.31. The van der Waals surface area contributed by atoms with Gasteiger partial charge in [-0.25, -0.2) is 9.07 Å². The Morgan fingerprint density at radius 1 is 1.00 bits per heavy atom. The summed E-state index contributed by atoms with van der Waals surface area (Å²) in [6, 6.07) is 18.3.